The van der Waals surface area contributed by atoms with Crippen LogP contribution in [0.25, 0.3) is 0 Å². The van der Waals surface area contributed by atoms with Gasteiger partial charge in [0.1, 0.15) is 0 Å². The molecule has 0 bridgehead atoms. The summed E-state index contributed by atoms with van der Waals surface area (Å²) in [5.41, 5.74) is 0.666. The predicted molar refractivity (Wildman–Crippen MR) is 72.7 cm³/mol. The molecule has 92 valence electrons. The second kappa shape index (κ2) is 5.89. The highest BCUT2D eigenvalue weighted by Gasteiger charge is 2.19. The van der Waals surface area contributed by atoms with Gasteiger partial charge in [-0.25, -0.2) is 0 Å². The average Bonchev–Trinajstić information content (AvgIpc) is 2.60. The van der Waals surface area contributed by atoms with Crippen LogP contribution < -0.4 is 0 Å². The van der Waals surface area contributed by atoms with Gasteiger partial charge in [0.15, 0.2) is 0 Å². The molecule has 0 unspecified atom stereocenters. The van der Waals surface area contributed by atoms with Gasteiger partial charge in [0.25, 0.3) is 5.91 Å². The first-order chi connectivity index (χ1) is 8.18. The first-order valence-corrected chi connectivity index (χ1v) is 6.78. The number of benzene rings is 1. The zero-order valence-corrected chi connectivity index (χ0v) is 11.8. The topological polar surface area (TPSA) is 29.5 Å². The quantitative estimate of drug-likeness (QED) is 0.807. The van der Waals surface area contributed by atoms with Crippen molar-refractivity contribution in [2.75, 3.05) is 26.3 Å². The number of carbonyl (C=O) groups is 1. The Bertz CT molecular complexity index is 417. The van der Waals surface area contributed by atoms with Crippen LogP contribution in [0.3, 0.4) is 0 Å². The summed E-state index contributed by atoms with van der Waals surface area (Å²) >= 11 is 7.67. The monoisotopic (exact) mass is 315 g/mol. The smallest absolute Gasteiger partial charge is 0.255 e. The number of hydrogen-bond acceptors (Lipinski definition) is 3. The van der Waals surface area contributed by atoms with Gasteiger partial charge in [-0.05, 0) is 40.5 Å². The third kappa shape index (κ3) is 3.24. The Morgan fingerprint density at radius 1 is 1.35 bits per heavy atom. The van der Waals surface area contributed by atoms with Crippen LogP contribution in [0.2, 0.25) is 0 Å². The minimum atomic E-state index is 0.0401. The maximum Gasteiger partial charge on any atom is 0.255 e. The van der Waals surface area contributed by atoms with E-state index in [1.54, 1.807) is 6.07 Å². The summed E-state index contributed by atoms with van der Waals surface area (Å²) in [4.78, 5) is 15.0. The Labute approximate surface area is 115 Å². The Balaban J connectivity index is 2.20. The summed E-state index contributed by atoms with van der Waals surface area (Å²) in [5, 5.41) is 0. The first-order valence-electron chi connectivity index (χ1n) is 5.54. The molecule has 1 aromatic carbocycles. The molecule has 1 heterocycles. The molecule has 0 radical (unpaired) electrons. The van der Waals surface area contributed by atoms with E-state index in [9.17, 15) is 4.79 Å². The van der Waals surface area contributed by atoms with E-state index in [1.165, 1.54) is 0 Å². The van der Waals surface area contributed by atoms with Crippen LogP contribution in [0.4, 0.5) is 0 Å². The van der Waals surface area contributed by atoms with Crippen molar-refractivity contribution in [3.63, 3.8) is 0 Å². The molecule has 1 aliphatic heterocycles. The fourth-order valence-electron chi connectivity index (χ4n) is 1.80. The fourth-order valence-corrected chi connectivity index (χ4v) is 2.42. The van der Waals surface area contributed by atoms with Crippen LogP contribution in [-0.2, 0) is 4.74 Å². The average molecular weight is 316 g/mol. The van der Waals surface area contributed by atoms with Gasteiger partial charge in [0.05, 0.1) is 12.2 Å². The van der Waals surface area contributed by atoms with E-state index < -0.39 is 0 Å². The van der Waals surface area contributed by atoms with Crippen LogP contribution >= 0.6 is 28.6 Å². The van der Waals surface area contributed by atoms with Crippen LogP contribution in [-0.4, -0.2) is 37.1 Å². The number of nitrogens with zero attached hydrogens (tertiary/aromatic N) is 1. The Kier molecular flexibility index (Phi) is 4.48. The summed E-state index contributed by atoms with van der Waals surface area (Å²) in [6.07, 6.45) is 0.893. The lowest BCUT2D eigenvalue weighted by Gasteiger charge is -2.20. The Morgan fingerprint density at radius 3 is 3.00 bits per heavy atom. The molecule has 5 heteroatoms. The molecular weight excluding hydrogens is 302 g/mol. The van der Waals surface area contributed by atoms with E-state index in [0.717, 1.165) is 28.9 Å². The number of ether oxygens (including phenoxy) is 1. The van der Waals surface area contributed by atoms with Crippen LogP contribution in [0, 0.1) is 0 Å². The summed E-state index contributed by atoms with van der Waals surface area (Å²) in [5.74, 6) is 0.0401. The molecule has 0 spiro atoms. The lowest BCUT2D eigenvalue weighted by molar-refractivity contribution is 0.0740. The lowest BCUT2D eigenvalue weighted by atomic mass is 10.2. The molecule has 1 fully saturated rings. The standard InChI is InChI=1S/C12H14BrNO2S/c13-11-3-2-9(17)8-10(11)12(15)14-4-1-6-16-7-5-14/h2-3,8,17H,1,4-7H2. The lowest BCUT2D eigenvalue weighted by Crippen LogP contribution is -2.33. The van der Waals surface area contributed by atoms with Gasteiger partial charge in [-0.1, -0.05) is 0 Å². The number of halogens is 1. The highest BCUT2D eigenvalue weighted by Crippen LogP contribution is 2.22. The summed E-state index contributed by atoms with van der Waals surface area (Å²) < 4.78 is 6.15. The number of amides is 1. The van der Waals surface area contributed by atoms with Crippen molar-refractivity contribution in [2.45, 2.75) is 11.3 Å². The molecule has 0 atom stereocenters. The van der Waals surface area contributed by atoms with E-state index in [2.05, 4.69) is 28.6 Å². The van der Waals surface area contributed by atoms with Crippen molar-refractivity contribution in [1.29, 1.82) is 0 Å². The molecule has 3 nitrogen and oxygen atoms in total. The third-order valence-corrected chi connectivity index (χ3v) is 3.66. The minimum absolute atomic E-state index is 0.0401. The Hall–Kier alpha value is -0.520. The second-order valence-electron chi connectivity index (χ2n) is 3.92. The zero-order valence-electron chi connectivity index (χ0n) is 9.36. The zero-order chi connectivity index (χ0) is 12.3. The molecule has 1 aliphatic rings. The molecule has 0 N–H and O–H groups in total. The van der Waals surface area contributed by atoms with Crippen molar-refractivity contribution in [3.05, 3.63) is 28.2 Å². The maximum absolute atomic E-state index is 12.3. The third-order valence-electron chi connectivity index (χ3n) is 2.69. The normalized spacial score (nSPS) is 16.7. The van der Waals surface area contributed by atoms with Gasteiger partial charge in [-0.15, -0.1) is 12.6 Å². The van der Waals surface area contributed by atoms with E-state index in [1.807, 2.05) is 17.0 Å². The molecule has 0 aromatic heterocycles. The summed E-state index contributed by atoms with van der Waals surface area (Å²) in [6.45, 7) is 2.76. The molecule has 1 saturated heterocycles. The van der Waals surface area contributed by atoms with E-state index >= 15 is 0 Å². The SMILES string of the molecule is O=C(c1cc(S)ccc1Br)N1CCCOCC1. The molecule has 1 amide bonds. The molecular formula is C12H14BrNO2S. The van der Waals surface area contributed by atoms with Crippen molar-refractivity contribution in [3.8, 4) is 0 Å². The molecule has 0 saturated carbocycles. The van der Waals surface area contributed by atoms with Crippen molar-refractivity contribution < 1.29 is 9.53 Å². The van der Waals surface area contributed by atoms with Gasteiger partial charge in [-0.2, -0.15) is 0 Å². The maximum atomic E-state index is 12.3. The van der Waals surface area contributed by atoms with E-state index in [4.69, 9.17) is 4.74 Å². The van der Waals surface area contributed by atoms with Gasteiger partial charge in [-0.3, -0.25) is 4.79 Å². The van der Waals surface area contributed by atoms with Crippen LogP contribution in [0.5, 0.6) is 0 Å². The molecule has 1 aromatic rings. The number of rotatable bonds is 1. The van der Waals surface area contributed by atoms with Gasteiger partial charge >= 0.3 is 0 Å². The predicted octanol–water partition coefficient (Wildman–Crippen LogP) is 2.60. The van der Waals surface area contributed by atoms with E-state index in [-0.39, 0.29) is 5.91 Å². The fraction of sp³-hybridized carbons (Fsp3) is 0.417. The van der Waals surface area contributed by atoms with Crippen molar-refractivity contribution >= 4 is 34.5 Å². The number of thiol groups is 1. The molecule has 17 heavy (non-hydrogen) atoms. The van der Waals surface area contributed by atoms with Gasteiger partial charge < -0.3 is 9.64 Å². The van der Waals surface area contributed by atoms with Gasteiger partial charge in [0.2, 0.25) is 0 Å². The van der Waals surface area contributed by atoms with Gasteiger partial charge in [0, 0.05) is 29.1 Å². The summed E-state index contributed by atoms with van der Waals surface area (Å²) in [7, 11) is 0. The van der Waals surface area contributed by atoms with Crippen molar-refractivity contribution in [2.24, 2.45) is 0 Å². The van der Waals surface area contributed by atoms with Crippen LogP contribution in [0.1, 0.15) is 16.8 Å². The molecule has 2 rings (SSSR count). The first kappa shape index (κ1) is 12.9. The molecule has 0 aliphatic carbocycles. The highest BCUT2D eigenvalue weighted by molar-refractivity contribution is 9.10. The number of hydrogen-bond donors (Lipinski definition) is 1. The van der Waals surface area contributed by atoms with Crippen molar-refractivity contribution in [1.82, 2.24) is 4.90 Å². The largest absolute Gasteiger partial charge is 0.380 e. The van der Waals surface area contributed by atoms with E-state index in [0.29, 0.717) is 18.7 Å². The summed E-state index contributed by atoms with van der Waals surface area (Å²) in [6, 6.07) is 5.50. The number of carbonyl (C=O) groups excluding carboxylic acids is 1. The minimum Gasteiger partial charge on any atom is -0.380 e. The highest BCUT2D eigenvalue weighted by atomic mass is 79.9. The second-order valence-corrected chi connectivity index (χ2v) is 5.29. The van der Waals surface area contributed by atoms with Crippen LogP contribution in [0.15, 0.2) is 27.6 Å². The Morgan fingerprint density at radius 2 is 2.18 bits per heavy atom.